The van der Waals surface area contributed by atoms with Gasteiger partial charge in [0.05, 0.1) is 0 Å². The van der Waals surface area contributed by atoms with Gasteiger partial charge in [0.2, 0.25) is 0 Å². The van der Waals surface area contributed by atoms with E-state index in [-0.39, 0.29) is 0 Å². The molecule has 0 spiro atoms. The van der Waals surface area contributed by atoms with Crippen LogP contribution in [0, 0.1) is 0 Å². The van der Waals surface area contributed by atoms with Crippen molar-refractivity contribution in [3.8, 4) is 55.6 Å². The minimum absolute atomic E-state index is 0.511. The fourth-order valence-corrected chi connectivity index (χ4v) is 8.15. The van der Waals surface area contributed by atoms with Crippen LogP contribution >= 0.6 is 31.9 Å². The van der Waals surface area contributed by atoms with Gasteiger partial charge in [0.1, 0.15) is 0 Å². The van der Waals surface area contributed by atoms with E-state index in [2.05, 4.69) is 243 Å². The summed E-state index contributed by atoms with van der Waals surface area (Å²) in [7, 11) is -1.41. The van der Waals surface area contributed by atoms with Crippen LogP contribution in [-0.4, -0.2) is 17.2 Å². The molecule has 10 aromatic rings. The van der Waals surface area contributed by atoms with Crippen LogP contribution in [0.2, 0.25) is 0 Å². The van der Waals surface area contributed by atoms with E-state index < -0.39 is 7.12 Å². The highest BCUT2D eigenvalue weighted by molar-refractivity contribution is 9.10. The van der Waals surface area contributed by atoms with Crippen LogP contribution in [0.15, 0.2) is 270 Å². The third-order valence-corrected chi connectivity index (χ3v) is 12.2. The monoisotopic (exact) mass is 995 g/mol. The number of halogens is 2. The largest absolute Gasteiger partial charge is 0.488 e. The predicted octanol–water partition coefficient (Wildman–Crippen LogP) is 15.9. The van der Waals surface area contributed by atoms with Gasteiger partial charge in [-0.2, -0.15) is 0 Å². The molecule has 10 rings (SSSR count). The maximum absolute atomic E-state index is 9.05. The van der Waals surface area contributed by atoms with Crippen molar-refractivity contribution < 1.29 is 10.0 Å². The van der Waals surface area contributed by atoms with Crippen LogP contribution < -0.4 is 10.8 Å². The number of anilines is 2. The van der Waals surface area contributed by atoms with Gasteiger partial charge in [-0.3, -0.25) is 0 Å². The van der Waals surface area contributed by atoms with Gasteiger partial charge in [-0.15, -0.1) is 0 Å². The molecule has 0 atom stereocenters. The minimum atomic E-state index is -1.41. The van der Waals surface area contributed by atoms with Crippen LogP contribution in [-0.2, 0) is 6.42 Å². The molecule has 0 radical (unpaired) electrons. The van der Waals surface area contributed by atoms with E-state index in [1.54, 1.807) is 12.1 Å². The van der Waals surface area contributed by atoms with Gasteiger partial charge < -0.3 is 15.4 Å². The SMILES string of the molecule is Brc1ccc(Cc2ccc(Br)cc2)cc1.OB(O)c1cccc(-c2ccccc2)c1.c1ccc(-c2cccc(-c3ccc(Nc4ccc(-c5cccc(-c6ccccc6)c5)cc4)cc3)c2)cc1. The normalized spacial score (nSPS) is 10.4. The third-order valence-electron chi connectivity index (χ3n) is 11.2. The first-order valence-corrected chi connectivity index (χ1v) is 23.7. The van der Waals surface area contributed by atoms with E-state index in [1.807, 2.05) is 42.5 Å². The Morgan fingerprint density at radius 1 is 0.299 bits per heavy atom. The summed E-state index contributed by atoms with van der Waals surface area (Å²) in [5.74, 6) is 0. The van der Waals surface area contributed by atoms with E-state index in [0.717, 1.165) is 37.9 Å². The lowest BCUT2D eigenvalue weighted by molar-refractivity contribution is 0.426. The Balaban J connectivity index is 0.000000166. The first kappa shape index (κ1) is 46.5. The lowest BCUT2D eigenvalue weighted by atomic mass is 9.79. The summed E-state index contributed by atoms with van der Waals surface area (Å²) in [6.45, 7) is 0. The lowest BCUT2D eigenvalue weighted by Crippen LogP contribution is -2.29. The molecule has 0 saturated heterocycles. The quantitative estimate of drug-likeness (QED) is 0.120. The van der Waals surface area contributed by atoms with Gasteiger partial charge in [0.15, 0.2) is 0 Å². The Hall–Kier alpha value is -7.06. The highest BCUT2D eigenvalue weighted by atomic mass is 79.9. The van der Waals surface area contributed by atoms with Crippen LogP contribution in [0.4, 0.5) is 11.4 Å². The molecule has 0 unspecified atom stereocenters. The summed E-state index contributed by atoms with van der Waals surface area (Å²) in [5.41, 5.74) is 17.2. The highest BCUT2D eigenvalue weighted by Gasteiger charge is 2.11. The van der Waals surface area contributed by atoms with Gasteiger partial charge in [0.25, 0.3) is 0 Å². The second kappa shape index (κ2) is 23.4. The van der Waals surface area contributed by atoms with Crippen molar-refractivity contribution in [3.63, 3.8) is 0 Å². The number of benzene rings is 10. The summed E-state index contributed by atoms with van der Waals surface area (Å²) in [6.07, 6.45) is 0.987. The average molecular weight is 998 g/mol. The van der Waals surface area contributed by atoms with Crippen molar-refractivity contribution in [2.75, 3.05) is 5.32 Å². The smallest absolute Gasteiger partial charge is 0.423 e. The Labute approximate surface area is 411 Å². The molecule has 0 aliphatic carbocycles. The molecule has 0 bridgehead atoms. The summed E-state index contributed by atoms with van der Waals surface area (Å²) < 4.78 is 2.25. The molecule has 3 nitrogen and oxygen atoms in total. The zero-order valence-electron chi connectivity index (χ0n) is 36.8. The van der Waals surface area contributed by atoms with Gasteiger partial charge in [0, 0.05) is 20.3 Å². The Morgan fingerprint density at radius 2 is 0.597 bits per heavy atom. The second-order valence-corrected chi connectivity index (χ2v) is 17.8. The molecule has 0 aliphatic rings. The summed E-state index contributed by atoms with van der Waals surface area (Å²) >= 11 is 6.87. The predicted molar refractivity (Wildman–Crippen MR) is 291 cm³/mol. The molecule has 326 valence electrons. The van der Waals surface area contributed by atoms with E-state index in [9.17, 15) is 0 Å². The molecule has 0 amide bonds. The van der Waals surface area contributed by atoms with Gasteiger partial charge in [-0.1, -0.05) is 232 Å². The topological polar surface area (TPSA) is 52.5 Å². The summed E-state index contributed by atoms with van der Waals surface area (Å²) in [5, 5.41) is 21.6. The number of hydrogen-bond acceptors (Lipinski definition) is 3. The number of rotatable bonds is 10. The molecule has 0 aliphatic heterocycles. The van der Waals surface area contributed by atoms with Crippen molar-refractivity contribution in [2.24, 2.45) is 0 Å². The Morgan fingerprint density at radius 3 is 0.940 bits per heavy atom. The first-order chi connectivity index (χ1) is 32.8. The molecular formula is C61H48BBr2NO2. The molecule has 10 aromatic carbocycles. The zero-order chi connectivity index (χ0) is 46.2. The molecule has 0 aromatic heterocycles. The van der Waals surface area contributed by atoms with E-state index >= 15 is 0 Å². The van der Waals surface area contributed by atoms with Crippen LogP contribution in [0.25, 0.3) is 55.6 Å². The maximum atomic E-state index is 9.05. The Kier molecular flexibility index (Phi) is 16.2. The van der Waals surface area contributed by atoms with Crippen LogP contribution in [0.1, 0.15) is 11.1 Å². The minimum Gasteiger partial charge on any atom is -0.423 e. The van der Waals surface area contributed by atoms with Crippen molar-refractivity contribution in [1.29, 1.82) is 0 Å². The molecule has 0 fully saturated rings. The molecular weight excluding hydrogens is 949 g/mol. The van der Waals surface area contributed by atoms with Gasteiger partial charge in [-0.05, 0) is 139 Å². The summed E-state index contributed by atoms with van der Waals surface area (Å²) in [6, 6.07) is 89.7. The third kappa shape index (κ3) is 13.5. The van der Waals surface area contributed by atoms with E-state index in [0.29, 0.717) is 5.46 Å². The van der Waals surface area contributed by atoms with Crippen molar-refractivity contribution in [3.05, 3.63) is 281 Å². The Bertz CT molecular complexity index is 2910. The van der Waals surface area contributed by atoms with Crippen LogP contribution in [0.5, 0.6) is 0 Å². The van der Waals surface area contributed by atoms with Crippen LogP contribution in [0.3, 0.4) is 0 Å². The van der Waals surface area contributed by atoms with Crippen molar-refractivity contribution in [2.45, 2.75) is 6.42 Å². The van der Waals surface area contributed by atoms with Gasteiger partial charge in [-0.25, -0.2) is 0 Å². The van der Waals surface area contributed by atoms with Crippen molar-refractivity contribution in [1.82, 2.24) is 0 Å². The zero-order valence-corrected chi connectivity index (χ0v) is 39.9. The first-order valence-electron chi connectivity index (χ1n) is 22.1. The van der Waals surface area contributed by atoms with Crippen molar-refractivity contribution >= 4 is 55.8 Å². The fraction of sp³-hybridized carbons (Fsp3) is 0.0164. The highest BCUT2D eigenvalue weighted by Crippen LogP contribution is 2.30. The molecule has 0 heterocycles. The molecule has 67 heavy (non-hydrogen) atoms. The van der Waals surface area contributed by atoms with E-state index in [4.69, 9.17) is 10.0 Å². The summed E-state index contributed by atoms with van der Waals surface area (Å²) in [4.78, 5) is 0. The molecule has 0 saturated carbocycles. The molecule has 6 heteroatoms. The fourth-order valence-electron chi connectivity index (χ4n) is 7.63. The lowest BCUT2D eigenvalue weighted by Gasteiger charge is -2.10. The van der Waals surface area contributed by atoms with E-state index in [1.165, 1.54) is 55.6 Å². The molecule has 3 N–H and O–H groups in total. The van der Waals surface area contributed by atoms with Gasteiger partial charge >= 0.3 is 7.12 Å². The number of nitrogens with one attached hydrogen (secondary N) is 1. The average Bonchev–Trinajstić information content (AvgIpc) is 3.39. The second-order valence-electron chi connectivity index (χ2n) is 16.0. The standard InChI is InChI=1S/C36H27N.C13H10Br2.C12H11BO2/c1-3-9-27(10-4-1)31-13-7-15-33(25-31)29-17-21-35(22-18-29)37-36-23-19-30(20-24-36)34-16-8-14-32(26-34)28-11-5-2-6-12-28;14-12-5-1-10(2-6-12)9-11-3-7-13(15)8-4-11;14-13(15)12-8-4-7-11(9-12)10-5-2-1-3-6-10/h1-26,37H;1-8H,9H2;1-9,14-15H. The maximum Gasteiger partial charge on any atom is 0.488 e. The number of hydrogen-bond donors (Lipinski definition) is 3.